The molecule has 0 amide bonds. The Kier molecular flexibility index (Phi) is 56.3. The molecule has 0 spiro atoms. The van der Waals surface area contributed by atoms with E-state index in [9.17, 15) is 14.4 Å². The fourth-order valence-electron chi connectivity index (χ4n) is 8.45. The third kappa shape index (κ3) is 57.4. The average Bonchev–Trinajstić information content (AvgIpc) is 3.37. The lowest BCUT2D eigenvalue weighted by Crippen LogP contribution is -2.30. The topological polar surface area (TPSA) is 78.9 Å². The first-order chi connectivity index (χ1) is 35.0. The molecule has 1 atom stereocenters. The molecule has 0 radical (unpaired) electrons. The van der Waals surface area contributed by atoms with Gasteiger partial charge in [-0.3, -0.25) is 14.4 Å². The highest BCUT2D eigenvalue weighted by molar-refractivity contribution is 5.71. The Morgan fingerprint density at radius 1 is 0.296 bits per heavy atom. The van der Waals surface area contributed by atoms with E-state index < -0.39 is 6.10 Å². The third-order valence-electron chi connectivity index (χ3n) is 12.9. The van der Waals surface area contributed by atoms with Gasteiger partial charge in [-0.05, 0) is 89.9 Å². The molecule has 0 heterocycles. The number of hydrogen-bond donors (Lipinski definition) is 0. The molecule has 0 bridgehead atoms. The van der Waals surface area contributed by atoms with Crippen molar-refractivity contribution >= 4 is 17.9 Å². The summed E-state index contributed by atoms with van der Waals surface area (Å²) < 4.78 is 16.8. The largest absolute Gasteiger partial charge is 0.462 e. The smallest absolute Gasteiger partial charge is 0.306 e. The molecule has 0 aromatic heterocycles. The van der Waals surface area contributed by atoms with Crippen LogP contribution in [0.3, 0.4) is 0 Å². The van der Waals surface area contributed by atoms with E-state index in [4.69, 9.17) is 14.2 Å². The number of hydrogen-bond acceptors (Lipinski definition) is 6. The van der Waals surface area contributed by atoms with Crippen LogP contribution < -0.4 is 0 Å². The van der Waals surface area contributed by atoms with E-state index in [1.807, 2.05) is 0 Å². The first-order valence-corrected chi connectivity index (χ1v) is 30.1. The van der Waals surface area contributed by atoms with Gasteiger partial charge in [-0.15, -0.1) is 0 Å². The zero-order valence-corrected chi connectivity index (χ0v) is 46.7. The summed E-state index contributed by atoms with van der Waals surface area (Å²) in [6.45, 7) is 6.38. The monoisotopic (exact) mass is 989 g/mol. The van der Waals surface area contributed by atoms with Crippen LogP contribution in [0, 0.1) is 0 Å². The van der Waals surface area contributed by atoms with E-state index in [0.29, 0.717) is 19.3 Å². The summed E-state index contributed by atoms with van der Waals surface area (Å²) in [5.74, 6) is -0.909. The molecule has 0 aromatic rings. The molecule has 1 unspecified atom stereocenters. The summed E-state index contributed by atoms with van der Waals surface area (Å²) >= 11 is 0. The maximum atomic E-state index is 12.8. The van der Waals surface area contributed by atoms with E-state index in [-0.39, 0.29) is 31.1 Å². The van der Waals surface area contributed by atoms with Crippen LogP contribution in [-0.4, -0.2) is 37.2 Å². The zero-order valence-electron chi connectivity index (χ0n) is 46.7. The molecule has 0 aliphatic heterocycles. The molecule has 0 rings (SSSR count). The van der Waals surface area contributed by atoms with E-state index in [1.165, 1.54) is 141 Å². The van der Waals surface area contributed by atoms with Crippen molar-refractivity contribution in [3.8, 4) is 0 Å². The van der Waals surface area contributed by atoms with Gasteiger partial charge >= 0.3 is 17.9 Å². The van der Waals surface area contributed by atoms with Crippen LogP contribution in [0.1, 0.15) is 290 Å². The van der Waals surface area contributed by atoms with Crippen molar-refractivity contribution in [1.82, 2.24) is 0 Å². The van der Waals surface area contributed by atoms with Crippen molar-refractivity contribution in [1.29, 1.82) is 0 Å². The molecular weight excluding hydrogens is 877 g/mol. The number of esters is 3. The fraction of sp³-hybridized carbons (Fsp3) is 0.738. The second kappa shape index (κ2) is 59.2. The number of allylic oxidation sites excluding steroid dienone is 14. The minimum atomic E-state index is -0.787. The number of rotatable bonds is 54. The van der Waals surface area contributed by atoms with Gasteiger partial charge in [0.1, 0.15) is 13.2 Å². The molecule has 408 valence electrons. The van der Waals surface area contributed by atoms with Gasteiger partial charge in [-0.25, -0.2) is 0 Å². The quantitative estimate of drug-likeness (QED) is 0.0261. The average molecular weight is 990 g/mol. The highest BCUT2D eigenvalue weighted by atomic mass is 16.6. The fourth-order valence-corrected chi connectivity index (χ4v) is 8.45. The van der Waals surface area contributed by atoms with Crippen LogP contribution in [0.15, 0.2) is 85.1 Å². The van der Waals surface area contributed by atoms with E-state index in [1.54, 1.807) is 0 Å². The second-order valence-electron chi connectivity index (χ2n) is 19.9. The van der Waals surface area contributed by atoms with Crippen LogP contribution >= 0.6 is 0 Å². The van der Waals surface area contributed by atoms with Gasteiger partial charge in [0, 0.05) is 19.3 Å². The first kappa shape index (κ1) is 67.6. The molecule has 0 aromatic carbocycles. The molecule has 0 aliphatic carbocycles. The maximum absolute atomic E-state index is 12.8. The molecule has 6 nitrogen and oxygen atoms in total. The van der Waals surface area contributed by atoms with Crippen molar-refractivity contribution < 1.29 is 28.6 Å². The number of ether oxygens (including phenoxy) is 3. The predicted molar refractivity (Wildman–Crippen MR) is 307 cm³/mol. The van der Waals surface area contributed by atoms with Crippen molar-refractivity contribution in [3.05, 3.63) is 85.1 Å². The minimum absolute atomic E-state index is 0.0846. The molecule has 71 heavy (non-hydrogen) atoms. The molecule has 0 saturated carbocycles. The summed E-state index contributed by atoms with van der Waals surface area (Å²) in [7, 11) is 0. The van der Waals surface area contributed by atoms with Gasteiger partial charge in [0.15, 0.2) is 6.10 Å². The normalized spacial score (nSPS) is 12.7. The van der Waals surface area contributed by atoms with Crippen LogP contribution in [0.25, 0.3) is 0 Å². The zero-order chi connectivity index (χ0) is 51.4. The predicted octanol–water partition coefficient (Wildman–Crippen LogP) is 20.3. The minimum Gasteiger partial charge on any atom is -0.462 e. The molecule has 0 saturated heterocycles. The molecule has 0 N–H and O–H groups in total. The summed E-state index contributed by atoms with van der Waals surface area (Å²) in [5.41, 5.74) is 0. The lowest BCUT2D eigenvalue weighted by Gasteiger charge is -2.18. The molecule has 6 heteroatoms. The van der Waals surface area contributed by atoms with Crippen LogP contribution in [0.2, 0.25) is 0 Å². The lowest BCUT2D eigenvalue weighted by atomic mass is 10.0. The van der Waals surface area contributed by atoms with Gasteiger partial charge in [0.25, 0.3) is 0 Å². The van der Waals surface area contributed by atoms with Gasteiger partial charge in [-0.1, -0.05) is 266 Å². The van der Waals surface area contributed by atoms with Crippen molar-refractivity contribution in [2.75, 3.05) is 13.2 Å². The Morgan fingerprint density at radius 3 is 0.873 bits per heavy atom. The van der Waals surface area contributed by atoms with E-state index >= 15 is 0 Å². The van der Waals surface area contributed by atoms with Gasteiger partial charge in [-0.2, -0.15) is 0 Å². The van der Waals surface area contributed by atoms with Crippen LogP contribution in [0.4, 0.5) is 0 Å². The summed E-state index contributed by atoms with van der Waals surface area (Å²) in [6.07, 6.45) is 77.6. The molecule has 0 aliphatic rings. The standard InChI is InChI=1S/C65H112O6/c1-4-7-10-13-16-19-21-23-24-25-26-27-28-29-30-31-32-33-34-35-36-37-38-39-40-42-43-46-49-52-55-58-64(67)70-61-62(60-69-63(66)57-54-51-48-45-18-15-12-9-6-3)71-65(68)59-56-53-50-47-44-41-22-20-17-14-11-8-5-2/h7-8,10-11,16-17,19-20,23-24,26-27,41,44,62H,4-6,9,12-15,18,21-22,25,28-40,42-43,45-61H2,1-3H3/b10-7-,11-8-,19-16-,20-17-,24-23-,27-26-,44-41-. The highest BCUT2D eigenvalue weighted by Crippen LogP contribution is 2.16. The summed E-state index contributed by atoms with van der Waals surface area (Å²) in [4.78, 5) is 38.0. The van der Waals surface area contributed by atoms with Crippen molar-refractivity contribution in [2.24, 2.45) is 0 Å². The molecular formula is C65H112O6. The Bertz CT molecular complexity index is 1370. The summed E-state index contributed by atoms with van der Waals surface area (Å²) in [5, 5.41) is 0. The number of unbranched alkanes of at least 4 members (excludes halogenated alkanes) is 29. The van der Waals surface area contributed by atoms with Crippen LogP contribution in [0.5, 0.6) is 0 Å². The lowest BCUT2D eigenvalue weighted by molar-refractivity contribution is -0.167. The van der Waals surface area contributed by atoms with Crippen molar-refractivity contribution in [3.63, 3.8) is 0 Å². The SMILES string of the molecule is CC/C=C\C/C=C\C/C=C\C/C=C\CCCCCCCCCCCCCCCCCCCCC(=O)OCC(COC(=O)CCCCCCCCCCC)OC(=O)CCCCC/C=C\C/C=C\C/C=C\CC. The first-order valence-electron chi connectivity index (χ1n) is 30.1. The second-order valence-corrected chi connectivity index (χ2v) is 19.9. The number of carbonyl (C=O) groups is 3. The van der Waals surface area contributed by atoms with E-state index in [0.717, 1.165) is 109 Å². The summed E-state index contributed by atoms with van der Waals surface area (Å²) in [6, 6.07) is 0. The van der Waals surface area contributed by atoms with Gasteiger partial charge in [0.2, 0.25) is 0 Å². The highest BCUT2D eigenvalue weighted by Gasteiger charge is 2.19. The Morgan fingerprint density at radius 2 is 0.549 bits per heavy atom. The van der Waals surface area contributed by atoms with Crippen LogP contribution in [-0.2, 0) is 28.6 Å². The Labute approximate surface area is 439 Å². The Hall–Kier alpha value is -3.41. The van der Waals surface area contributed by atoms with Gasteiger partial charge in [0.05, 0.1) is 0 Å². The third-order valence-corrected chi connectivity index (χ3v) is 12.9. The number of carbonyl (C=O) groups excluding carboxylic acids is 3. The van der Waals surface area contributed by atoms with Gasteiger partial charge < -0.3 is 14.2 Å². The van der Waals surface area contributed by atoms with Crippen molar-refractivity contribution in [2.45, 2.75) is 297 Å². The van der Waals surface area contributed by atoms with E-state index in [2.05, 4.69) is 106 Å². The molecule has 0 fully saturated rings. The Balaban J connectivity index is 4.07. The maximum Gasteiger partial charge on any atom is 0.306 e.